The molecule has 3 aromatic rings. The second-order valence-electron chi connectivity index (χ2n) is 6.94. The van der Waals surface area contributed by atoms with E-state index in [0.717, 1.165) is 28.4 Å². The molecule has 0 radical (unpaired) electrons. The van der Waals surface area contributed by atoms with E-state index in [0.29, 0.717) is 28.8 Å². The molecule has 0 atom stereocenters. The van der Waals surface area contributed by atoms with E-state index in [1.54, 1.807) is 23.6 Å². The molecule has 11 heteroatoms. The zero-order valence-corrected chi connectivity index (χ0v) is 19.0. The molecule has 0 spiro atoms. The Morgan fingerprint density at radius 3 is 2.44 bits per heavy atom. The van der Waals surface area contributed by atoms with Gasteiger partial charge >= 0.3 is 5.97 Å². The van der Waals surface area contributed by atoms with Crippen molar-refractivity contribution in [1.82, 2.24) is 4.98 Å². The van der Waals surface area contributed by atoms with Gasteiger partial charge in [0.2, 0.25) is 11.8 Å². The second-order valence-corrected chi connectivity index (χ2v) is 7.78. The summed E-state index contributed by atoms with van der Waals surface area (Å²) >= 11 is 1.04. The highest BCUT2D eigenvalue weighted by Gasteiger charge is 2.26. The van der Waals surface area contributed by atoms with E-state index in [9.17, 15) is 18.4 Å². The van der Waals surface area contributed by atoms with Gasteiger partial charge in [-0.3, -0.25) is 9.69 Å². The van der Waals surface area contributed by atoms with Gasteiger partial charge in [0.05, 0.1) is 25.6 Å². The molecule has 2 heterocycles. The largest absolute Gasteiger partial charge is 0.497 e. The van der Waals surface area contributed by atoms with Gasteiger partial charge in [0, 0.05) is 30.0 Å². The Hall–Kier alpha value is -4.12. The average Bonchev–Trinajstić information content (AvgIpc) is 3.41. The summed E-state index contributed by atoms with van der Waals surface area (Å²) in [6.07, 6.45) is 1.38. The summed E-state index contributed by atoms with van der Waals surface area (Å²) in [5, 5.41) is 1.70. The number of anilines is 2. The molecule has 0 bridgehead atoms. The summed E-state index contributed by atoms with van der Waals surface area (Å²) in [7, 11) is 2.99. The molecule has 2 aromatic carbocycles. The van der Waals surface area contributed by atoms with Crippen LogP contribution in [0.3, 0.4) is 0 Å². The van der Waals surface area contributed by atoms with Crippen molar-refractivity contribution in [2.45, 2.75) is 6.92 Å². The van der Waals surface area contributed by atoms with Crippen molar-refractivity contribution in [2.75, 3.05) is 19.1 Å². The number of aromatic nitrogens is 1. The first-order valence-electron chi connectivity index (χ1n) is 9.76. The van der Waals surface area contributed by atoms with Crippen molar-refractivity contribution < 1.29 is 32.6 Å². The summed E-state index contributed by atoms with van der Waals surface area (Å²) < 4.78 is 43.3. The Labute approximate surface area is 196 Å². The Morgan fingerprint density at radius 2 is 1.82 bits per heavy atom. The molecule has 1 aliphatic heterocycles. The molecule has 1 aromatic heterocycles. The van der Waals surface area contributed by atoms with Crippen LogP contribution in [0.2, 0.25) is 0 Å². The van der Waals surface area contributed by atoms with Crippen LogP contribution in [-0.4, -0.2) is 37.0 Å². The number of carbonyl (C=O) groups excluding carboxylic acids is 2. The number of benzene rings is 2. The average molecular weight is 485 g/mol. The molecule has 1 amide bonds. The highest BCUT2D eigenvalue weighted by atomic mass is 32.1. The number of nitrogens with zero attached hydrogens (tertiary/aromatic N) is 3. The van der Waals surface area contributed by atoms with Gasteiger partial charge in [0.15, 0.2) is 10.8 Å². The van der Waals surface area contributed by atoms with Crippen LogP contribution in [0, 0.1) is 11.6 Å². The first-order valence-corrected chi connectivity index (χ1v) is 10.6. The summed E-state index contributed by atoms with van der Waals surface area (Å²) in [4.78, 5) is 34.1. The standard InChI is InChI=1S/C23H17F2N3O5S/c1-12(29)28(20-5-4-14(24)8-18(20)25)23-26-15(11-34-23)9-19-22(30)33-21(27-19)13-6-16(31-2)10-17(7-13)32-3/h4-11H,1-3H3. The van der Waals surface area contributed by atoms with Crippen molar-refractivity contribution >= 4 is 46.0 Å². The number of aliphatic imine (C=N–C) groups is 1. The van der Waals surface area contributed by atoms with Crippen molar-refractivity contribution in [3.63, 3.8) is 0 Å². The first-order chi connectivity index (χ1) is 16.3. The van der Waals surface area contributed by atoms with Crippen molar-refractivity contribution in [3.05, 3.63) is 70.4 Å². The fraction of sp³-hybridized carbons (Fsp3) is 0.130. The van der Waals surface area contributed by atoms with Crippen LogP contribution in [-0.2, 0) is 14.3 Å². The van der Waals surface area contributed by atoms with Gasteiger partial charge in [-0.15, -0.1) is 11.3 Å². The number of thiazole rings is 1. The zero-order chi connectivity index (χ0) is 24.4. The second kappa shape index (κ2) is 9.40. The van der Waals surface area contributed by atoms with E-state index < -0.39 is 23.5 Å². The highest BCUT2D eigenvalue weighted by Crippen LogP contribution is 2.32. The number of carbonyl (C=O) groups is 2. The molecular weight excluding hydrogens is 468 g/mol. The van der Waals surface area contributed by atoms with Gasteiger partial charge in [0.1, 0.15) is 23.1 Å². The molecule has 0 saturated carbocycles. The quantitative estimate of drug-likeness (QED) is 0.378. The first kappa shape index (κ1) is 23.1. The van der Waals surface area contributed by atoms with Crippen molar-refractivity contribution in [3.8, 4) is 11.5 Å². The van der Waals surface area contributed by atoms with Crippen LogP contribution in [0.5, 0.6) is 11.5 Å². The number of hydrogen-bond donors (Lipinski definition) is 0. The minimum Gasteiger partial charge on any atom is -0.497 e. The van der Waals surface area contributed by atoms with E-state index in [4.69, 9.17) is 14.2 Å². The maximum absolute atomic E-state index is 14.3. The minimum absolute atomic E-state index is 0.0176. The Balaban J connectivity index is 1.65. The Kier molecular flexibility index (Phi) is 6.37. The van der Waals surface area contributed by atoms with Gasteiger partial charge in [0.25, 0.3) is 0 Å². The molecule has 1 aliphatic rings. The van der Waals surface area contributed by atoms with Crippen molar-refractivity contribution in [2.24, 2.45) is 4.99 Å². The van der Waals surface area contributed by atoms with Gasteiger partial charge in [-0.1, -0.05) is 0 Å². The lowest BCUT2D eigenvalue weighted by Crippen LogP contribution is -2.23. The van der Waals surface area contributed by atoms with Crippen molar-refractivity contribution in [1.29, 1.82) is 0 Å². The van der Waals surface area contributed by atoms with Gasteiger partial charge in [-0.05, 0) is 30.3 Å². The number of esters is 1. The lowest BCUT2D eigenvalue weighted by molar-refractivity contribution is -0.130. The van der Waals surface area contributed by atoms with Crippen LogP contribution in [0.25, 0.3) is 6.08 Å². The maximum atomic E-state index is 14.3. The third kappa shape index (κ3) is 4.64. The van der Waals surface area contributed by atoms with Gasteiger partial charge in [-0.25, -0.2) is 23.6 Å². The fourth-order valence-electron chi connectivity index (χ4n) is 3.12. The third-order valence-electron chi connectivity index (χ3n) is 4.67. The van der Waals surface area contributed by atoms with E-state index in [1.165, 1.54) is 27.2 Å². The lowest BCUT2D eigenvalue weighted by atomic mass is 10.2. The van der Waals surface area contributed by atoms with Crippen LogP contribution in [0.4, 0.5) is 19.6 Å². The Morgan fingerprint density at radius 1 is 1.12 bits per heavy atom. The topological polar surface area (TPSA) is 90.3 Å². The van der Waals surface area contributed by atoms with E-state index in [-0.39, 0.29) is 22.4 Å². The van der Waals surface area contributed by atoms with Crippen LogP contribution < -0.4 is 14.4 Å². The van der Waals surface area contributed by atoms with E-state index >= 15 is 0 Å². The number of halogens is 2. The molecule has 0 aliphatic carbocycles. The zero-order valence-electron chi connectivity index (χ0n) is 18.2. The molecule has 0 saturated heterocycles. The summed E-state index contributed by atoms with van der Waals surface area (Å²) in [6.45, 7) is 1.23. The number of methoxy groups -OCH3 is 2. The molecule has 0 unspecified atom stereocenters. The maximum Gasteiger partial charge on any atom is 0.363 e. The molecule has 174 valence electrons. The highest BCUT2D eigenvalue weighted by molar-refractivity contribution is 7.14. The van der Waals surface area contributed by atoms with Crippen LogP contribution in [0.15, 0.2) is 52.5 Å². The summed E-state index contributed by atoms with van der Waals surface area (Å²) in [5.41, 5.74) is 0.612. The number of ether oxygens (including phenoxy) is 3. The van der Waals surface area contributed by atoms with Crippen LogP contribution in [0.1, 0.15) is 18.2 Å². The number of cyclic esters (lactones) is 1. The third-order valence-corrected chi connectivity index (χ3v) is 5.51. The predicted octanol–water partition coefficient (Wildman–Crippen LogP) is 4.47. The molecule has 0 fully saturated rings. The SMILES string of the molecule is COc1cc(OC)cc(C2=NC(=Cc3csc(N(C(C)=O)c4ccc(F)cc4F)n3)C(=O)O2)c1. The summed E-state index contributed by atoms with van der Waals surface area (Å²) in [5.74, 6) is -1.85. The number of rotatable bonds is 6. The molecule has 4 rings (SSSR count). The smallest absolute Gasteiger partial charge is 0.363 e. The van der Waals surface area contributed by atoms with Gasteiger partial charge in [-0.2, -0.15) is 0 Å². The molecule has 0 N–H and O–H groups in total. The van der Waals surface area contributed by atoms with E-state index in [1.807, 2.05) is 0 Å². The number of amides is 1. The molecule has 8 nitrogen and oxygen atoms in total. The van der Waals surface area contributed by atoms with Gasteiger partial charge < -0.3 is 14.2 Å². The summed E-state index contributed by atoms with van der Waals surface area (Å²) in [6, 6.07) is 7.82. The molecular formula is C23H17F2N3O5S. The fourth-order valence-corrected chi connectivity index (χ4v) is 3.96. The lowest BCUT2D eigenvalue weighted by Gasteiger charge is -2.18. The Bertz CT molecular complexity index is 1330. The van der Waals surface area contributed by atoms with Crippen LogP contribution >= 0.6 is 11.3 Å². The predicted molar refractivity (Wildman–Crippen MR) is 121 cm³/mol. The normalized spacial score (nSPS) is 14.1. The number of hydrogen-bond acceptors (Lipinski definition) is 8. The monoisotopic (exact) mass is 485 g/mol. The van der Waals surface area contributed by atoms with E-state index in [2.05, 4.69) is 9.98 Å². The molecule has 34 heavy (non-hydrogen) atoms. The minimum atomic E-state index is -0.910.